The minimum atomic E-state index is -0.332. The maximum atomic E-state index is 11.6. The third-order valence-electron chi connectivity index (χ3n) is 2.53. The van der Waals surface area contributed by atoms with Gasteiger partial charge in [-0.1, -0.05) is 0 Å². The molecule has 1 unspecified atom stereocenters. The van der Waals surface area contributed by atoms with Crippen LogP contribution in [0.15, 0.2) is 6.20 Å². The molecular formula is C10H15N3O2. The summed E-state index contributed by atoms with van der Waals surface area (Å²) in [6, 6.07) is 0.262. The molecule has 1 aromatic rings. The van der Waals surface area contributed by atoms with Crippen LogP contribution < -0.4 is 5.32 Å². The first-order valence-corrected chi connectivity index (χ1v) is 5.16. The first-order valence-electron chi connectivity index (χ1n) is 5.16. The molecule has 1 atom stereocenters. The highest BCUT2D eigenvalue weighted by atomic mass is 16.5. The maximum Gasteiger partial charge on any atom is 0.359 e. The molecule has 1 aliphatic heterocycles. The van der Waals surface area contributed by atoms with Gasteiger partial charge in [0.2, 0.25) is 0 Å². The average Bonchev–Trinajstić information content (AvgIpc) is 2.45. The van der Waals surface area contributed by atoms with Crippen LogP contribution in [-0.2, 0) is 11.8 Å². The van der Waals surface area contributed by atoms with Crippen LogP contribution in [0.3, 0.4) is 0 Å². The molecule has 82 valence electrons. The van der Waals surface area contributed by atoms with Crippen LogP contribution in [0.5, 0.6) is 0 Å². The molecule has 0 spiro atoms. The maximum absolute atomic E-state index is 11.6. The summed E-state index contributed by atoms with van der Waals surface area (Å²) in [4.78, 5) is 11.6. The van der Waals surface area contributed by atoms with Crippen molar-refractivity contribution >= 4 is 5.97 Å². The van der Waals surface area contributed by atoms with E-state index in [1.807, 2.05) is 13.2 Å². The lowest BCUT2D eigenvalue weighted by atomic mass is 9.98. The molecule has 0 saturated carbocycles. The van der Waals surface area contributed by atoms with E-state index in [1.54, 1.807) is 11.6 Å². The minimum absolute atomic E-state index is 0.262. The molecule has 1 N–H and O–H groups in total. The Morgan fingerprint density at radius 1 is 1.80 bits per heavy atom. The summed E-state index contributed by atoms with van der Waals surface area (Å²) in [6.07, 6.45) is 2.93. The van der Waals surface area contributed by atoms with Gasteiger partial charge < -0.3 is 10.1 Å². The molecule has 5 heteroatoms. The Hall–Kier alpha value is -1.36. The highest BCUT2D eigenvalue weighted by Crippen LogP contribution is 2.25. The molecule has 0 bridgehead atoms. The average molecular weight is 209 g/mol. The summed E-state index contributed by atoms with van der Waals surface area (Å²) >= 11 is 0. The summed E-state index contributed by atoms with van der Waals surface area (Å²) < 4.78 is 6.61. The second kappa shape index (κ2) is 4.02. The molecule has 1 saturated heterocycles. The zero-order chi connectivity index (χ0) is 10.8. The van der Waals surface area contributed by atoms with Gasteiger partial charge in [0.15, 0.2) is 5.69 Å². The fourth-order valence-corrected chi connectivity index (χ4v) is 1.67. The molecule has 0 amide bonds. The highest BCUT2D eigenvalue weighted by Gasteiger charge is 2.27. The van der Waals surface area contributed by atoms with Crippen LogP contribution in [0.2, 0.25) is 0 Å². The minimum Gasteiger partial charge on any atom is -0.461 e. The Morgan fingerprint density at radius 3 is 3.07 bits per heavy atom. The van der Waals surface area contributed by atoms with Crippen LogP contribution in [0.4, 0.5) is 0 Å². The molecule has 5 nitrogen and oxygen atoms in total. The highest BCUT2D eigenvalue weighted by molar-refractivity contribution is 5.89. The lowest BCUT2D eigenvalue weighted by molar-refractivity contribution is 0.0515. The smallest absolute Gasteiger partial charge is 0.359 e. The molecule has 0 radical (unpaired) electrons. The van der Waals surface area contributed by atoms with Gasteiger partial charge in [-0.05, 0) is 19.9 Å². The van der Waals surface area contributed by atoms with Crippen molar-refractivity contribution in [3.8, 4) is 0 Å². The topological polar surface area (TPSA) is 56.1 Å². The first-order chi connectivity index (χ1) is 7.22. The number of nitrogens with one attached hydrogen (secondary N) is 1. The number of hydrogen-bond acceptors (Lipinski definition) is 4. The third-order valence-corrected chi connectivity index (χ3v) is 2.53. The van der Waals surface area contributed by atoms with Crippen LogP contribution in [-0.4, -0.2) is 28.9 Å². The van der Waals surface area contributed by atoms with Gasteiger partial charge >= 0.3 is 5.97 Å². The summed E-state index contributed by atoms with van der Waals surface area (Å²) in [6.45, 7) is 3.18. The van der Waals surface area contributed by atoms with Crippen LogP contribution >= 0.6 is 0 Å². The number of carbonyl (C=O) groups excluding carboxylic acids is 1. The number of esters is 1. The van der Waals surface area contributed by atoms with Gasteiger partial charge in [-0.15, -0.1) is 0 Å². The molecule has 2 heterocycles. The Balaban J connectivity index is 2.24. The Labute approximate surface area is 88.4 Å². The second-order valence-corrected chi connectivity index (χ2v) is 3.62. The lowest BCUT2D eigenvalue weighted by Gasteiger charge is -2.27. The van der Waals surface area contributed by atoms with Gasteiger partial charge in [0.05, 0.1) is 6.61 Å². The van der Waals surface area contributed by atoms with Crippen molar-refractivity contribution in [2.45, 2.75) is 19.4 Å². The molecule has 0 aliphatic carbocycles. The van der Waals surface area contributed by atoms with Crippen molar-refractivity contribution < 1.29 is 9.53 Å². The van der Waals surface area contributed by atoms with Gasteiger partial charge in [-0.2, -0.15) is 5.10 Å². The normalized spacial score (nSPS) is 19.7. The van der Waals surface area contributed by atoms with E-state index in [0.717, 1.165) is 18.5 Å². The SMILES string of the molecule is CCOC(=O)c1nn(C)cc1C1CCN1. The molecule has 0 aromatic carbocycles. The van der Waals surface area contributed by atoms with E-state index in [2.05, 4.69) is 10.4 Å². The fraction of sp³-hybridized carbons (Fsp3) is 0.600. The van der Waals surface area contributed by atoms with Gasteiger partial charge in [0.25, 0.3) is 0 Å². The van der Waals surface area contributed by atoms with Crippen LogP contribution in [0.1, 0.15) is 35.4 Å². The number of rotatable bonds is 3. The Morgan fingerprint density at radius 2 is 2.53 bits per heavy atom. The standard InChI is InChI=1S/C10H15N3O2/c1-3-15-10(14)9-7(6-13(2)12-9)8-4-5-11-8/h6,8,11H,3-5H2,1-2H3. The van der Waals surface area contributed by atoms with Crippen LogP contribution in [0, 0.1) is 0 Å². The van der Waals surface area contributed by atoms with Crippen molar-refractivity contribution in [1.82, 2.24) is 15.1 Å². The molecule has 1 aliphatic rings. The van der Waals surface area contributed by atoms with E-state index >= 15 is 0 Å². The van der Waals surface area contributed by atoms with E-state index in [-0.39, 0.29) is 12.0 Å². The summed E-state index contributed by atoms with van der Waals surface area (Å²) in [5.41, 5.74) is 1.39. The summed E-state index contributed by atoms with van der Waals surface area (Å²) in [7, 11) is 1.81. The van der Waals surface area contributed by atoms with Gasteiger partial charge in [-0.3, -0.25) is 4.68 Å². The predicted octanol–water partition coefficient (Wildman–Crippen LogP) is 0.631. The van der Waals surface area contributed by atoms with Crippen molar-refractivity contribution in [3.63, 3.8) is 0 Å². The summed E-state index contributed by atoms with van der Waals surface area (Å²) in [5, 5.41) is 7.39. The summed E-state index contributed by atoms with van der Waals surface area (Å²) in [5.74, 6) is -0.332. The van der Waals surface area contributed by atoms with E-state index in [0.29, 0.717) is 12.3 Å². The Kier molecular flexibility index (Phi) is 2.73. The largest absolute Gasteiger partial charge is 0.461 e. The van der Waals surface area contributed by atoms with E-state index in [1.165, 1.54) is 0 Å². The van der Waals surface area contributed by atoms with Crippen molar-refractivity contribution in [2.24, 2.45) is 7.05 Å². The zero-order valence-corrected chi connectivity index (χ0v) is 8.99. The van der Waals surface area contributed by atoms with Crippen molar-refractivity contribution in [2.75, 3.05) is 13.2 Å². The van der Waals surface area contributed by atoms with Crippen molar-refractivity contribution in [3.05, 3.63) is 17.5 Å². The number of aryl methyl sites for hydroxylation is 1. The monoisotopic (exact) mass is 209 g/mol. The molecular weight excluding hydrogens is 194 g/mol. The number of aromatic nitrogens is 2. The molecule has 2 rings (SSSR count). The van der Waals surface area contributed by atoms with Crippen LogP contribution in [0.25, 0.3) is 0 Å². The molecule has 1 fully saturated rings. The number of ether oxygens (including phenoxy) is 1. The van der Waals surface area contributed by atoms with E-state index in [9.17, 15) is 4.79 Å². The Bertz CT molecular complexity index is 369. The zero-order valence-electron chi connectivity index (χ0n) is 8.99. The van der Waals surface area contributed by atoms with Gasteiger partial charge in [0.1, 0.15) is 0 Å². The van der Waals surface area contributed by atoms with Crippen molar-refractivity contribution in [1.29, 1.82) is 0 Å². The quantitative estimate of drug-likeness (QED) is 0.742. The number of carbonyl (C=O) groups is 1. The fourth-order valence-electron chi connectivity index (χ4n) is 1.67. The van der Waals surface area contributed by atoms with Gasteiger partial charge in [-0.25, -0.2) is 4.79 Å². The van der Waals surface area contributed by atoms with E-state index < -0.39 is 0 Å². The number of hydrogen-bond donors (Lipinski definition) is 1. The van der Waals surface area contributed by atoms with E-state index in [4.69, 9.17) is 4.74 Å². The first kappa shape index (κ1) is 10.2. The van der Waals surface area contributed by atoms with Gasteiger partial charge in [0, 0.05) is 24.8 Å². The second-order valence-electron chi connectivity index (χ2n) is 3.62. The molecule has 15 heavy (non-hydrogen) atoms. The third kappa shape index (κ3) is 1.87. The molecule has 1 aromatic heterocycles. The predicted molar refractivity (Wildman–Crippen MR) is 54.5 cm³/mol. The lowest BCUT2D eigenvalue weighted by Crippen LogP contribution is -2.35. The number of nitrogens with zero attached hydrogens (tertiary/aromatic N) is 2.